The van der Waals surface area contributed by atoms with Crippen LogP contribution < -0.4 is 10.6 Å². The van der Waals surface area contributed by atoms with Gasteiger partial charge in [0.05, 0.1) is 10.7 Å². The highest BCUT2D eigenvalue weighted by atomic mass is 79.9. The Hall–Kier alpha value is -1.23. The number of carbonyl (C=O) groups is 1. The lowest BCUT2D eigenvalue weighted by atomic mass is 10.1. The normalized spacial score (nSPS) is 10.3. The minimum atomic E-state index is -0.151. The molecule has 0 fully saturated rings. The van der Waals surface area contributed by atoms with E-state index in [1.165, 1.54) is 0 Å². The highest BCUT2D eigenvalue weighted by Crippen LogP contribution is 2.26. The number of halogens is 3. The van der Waals surface area contributed by atoms with E-state index in [0.29, 0.717) is 27.8 Å². The molecule has 3 nitrogen and oxygen atoms in total. The van der Waals surface area contributed by atoms with Crippen LogP contribution in [0.1, 0.15) is 15.9 Å². The van der Waals surface area contributed by atoms with Crippen LogP contribution in [0.25, 0.3) is 0 Å². The Balaban J connectivity index is 2.17. The van der Waals surface area contributed by atoms with Gasteiger partial charge in [-0.1, -0.05) is 45.2 Å². The van der Waals surface area contributed by atoms with Gasteiger partial charge in [-0.05, 0) is 35.9 Å². The third kappa shape index (κ3) is 4.13. The Labute approximate surface area is 141 Å². The summed E-state index contributed by atoms with van der Waals surface area (Å²) in [6, 6.07) is 10.7. The topological polar surface area (TPSA) is 41.1 Å². The standard InChI is InChI=1S/C15H13BrCl2N2O/c1-19-15(21)9-3-5-13(18)14(6-9)20-8-10-2-4-11(17)7-12(10)16/h2-7,20H,8H2,1H3,(H,19,21). The van der Waals surface area contributed by atoms with Crippen molar-refractivity contribution in [1.29, 1.82) is 0 Å². The summed E-state index contributed by atoms with van der Waals surface area (Å²) in [4.78, 5) is 11.6. The molecule has 2 aromatic carbocycles. The number of rotatable bonds is 4. The number of anilines is 1. The molecule has 0 aliphatic rings. The number of benzene rings is 2. The van der Waals surface area contributed by atoms with Gasteiger partial charge >= 0.3 is 0 Å². The first-order valence-electron chi connectivity index (χ1n) is 6.20. The molecule has 0 unspecified atom stereocenters. The summed E-state index contributed by atoms with van der Waals surface area (Å²) in [5.74, 6) is -0.151. The summed E-state index contributed by atoms with van der Waals surface area (Å²) in [6.45, 7) is 0.564. The zero-order chi connectivity index (χ0) is 15.4. The van der Waals surface area contributed by atoms with E-state index in [4.69, 9.17) is 23.2 Å². The van der Waals surface area contributed by atoms with Crippen molar-refractivity contribution in [2.24, 2.45) is 0 Å². The van der Waals surface area contributed by atoms with Crippen molar-refractivity contribution >= 4 is 50.7 Å². The fourth-order valence-corrected chi connectivity index (χ4v) is 2.81. The van der Waals surface area contributed by atoms with E-state index >= 15 is 0 Å². The first-order valence-corrected chi connectivity index (χ1v) is 7.75. The van der Waals surface area contributed by atoms with Crippen LogP contribution in [0, 0.1) is 0 Å². The number of hydrogen-bond acceptors (Lipinski definition) is 2. The molecule has 0 saturated carbocycles. The van der Waals surface area contributed by atoms with E-state index in [-0.39, 0.29) is 5.91 Å². The smallest absolute Gasteiger partial charge is 0.251 e. The second-order valence-electron chi connectivity index (χ2n) is 4.36. The van der Waals surface area contributed by atoms with Crippen LogP contribution in [0.3, 0.4) is 0 Å². The van der Waals surface area contributed by atoms with Gasteiger partial charge in [-0.2, -0.15) is 0 Å². The summed E-state index contributed by atoms with van der Waals surface area (Å²) >= 11 is 15.5. The van der Waals surface area contributed by atoms with Crippen molar-refractivity contribution < 1.29 is 4.79 Å². The highest BCUT2D eigenvalue weighted by molar-refractivity contribution is 9.10. The zero-order valence-corrected chi connectivity index (χ0v) is 14.3. The van der Waals surface area contributed by atoms with Crippen LogP contribution in [0.2, 0.25) is 10.0 Å². The minimum absolute atomic E-state index is 0.151. The van der Waals surface area contributed by atoms with Gasteiger partial charge in [-0.3, -0.25) is 4.79 Å². The molecule has 0 heterocycles. The summed E-state index contributed by atoms with van der Waals surface area (Å²) < 4.78 is 0.918. The lowest BCUT2D eigenvalue weighted by Gasteiger charge is -2.11. The van der Waals surface area contributed by atoms with Gasteiger partial charge in [-0.15, -0.1) is 0 Å². The largest absolute Gasteiger partial charge is 0.380 e. The Morgan fingerprint density at radius 1 is 1.19 bits per heavy atom. The van der Waals surface area contributed by atoms with Crippen LogP contribution in [0.15, 0.2) is 40.9 Å². The van der Waals surface area contributed by atoms with Crippen molar-refractivity contribution in [2.45, 2.75) is 6.54 Å². The van der Waals surface area contributed by atoms with Gasteiger partial charge in [0, 0.05) is 28.7 Å². The molecule has 110 valence electrons. The highest BCUT2D eigenvalue weighted by Gasteiger charge is 2.08. The minimum Gasteiger partial charge on any atom is -0.380 e. The quantitative estimate of drug-likeness (QED) is 0.796. The molecule has 2 rings (SSSR count). The molecule has 1 amide bonds. The second-order valence-corrected chi connectivity index (χ2v) is 6.06. The fourth-order valence-electron chi connectivity index (χ4n) is 1.80. The van der Waals surface area contributed by atoms with Crippen LogP contribution in [-0.2, 0) is 6.54 Å². The van der Waals surface area contributed by atoms with Crippen LogP contribution in [0.5, 0.6) is 0 Å². The van der Waals surface area contributed by atoms with Gasteiger partial charge < -0.3 is 10.6 Å². The number of hydrogen-bond donors (Lipinski definition) is 2. The lowest BCUT2D eigenvalue weighted by molar-refractivity contribution is 0.0963. The van der Waals surface area contributed by atoms with Crippen molar-refractivity contribution in [3.05, 3.63) is 62.0 Å². The molecule has 0 atom stereocenters. The molecule has 0 aliphatic heterocycles. The number of nitrogens with one attached hydrogen (secondary N) is 2. The molecule has 0 radical (unpaired) electrons. The monoisotopic (exact) mass is 386 g/mol. The van der Waals surface area contributed by atoms with Gasteiger partial charge in [0.25, 0.3) is 5.91 Å². The molecule has 2 N–H and O–H groups in total. The van der Waals surface area contributed by atoms with Gasteiger partial charge in [-0.25, -0.2) is 0 Å². The maximum atomic E-state index is 11.6. The van der Waals surface area contributed by atoms with E-state index < -0.39 is 0 Å². The first-order chi connectivity index (χ1) is 10.0. The molecule has 0 aromatic heterocycles. The van der Waals surface area contributed by atoms with Crippen molar-refractivity contribution in [1.82, 2.24) is 5.32 Å². The van der Waals surface area contributed by atoms with E-state index in [1.54, 1.807) is 25.2 Å². The van der Waals surface area contributed by atoms with E-state index in [2.05, 4.69) is 26.6 Å². The summed E-state index contributed by atoms with van der Waals surface area (Å²) in [7, 11) is 1.59. The molecular formula is C15H13BrCl2N2O. The molecule has 0 saturated heterocycles. The van der Waals surface area contributed by atoms with Gasteiger partial charge in [0.15, 0.2) is 0 Å². The molecule has 6 heteroatoms. The Morgan fingerprint density at radius 2 is 1.95 bits per heavy atom. The average Bonchev–Trinajstić information content (AvgIpc) is 2.47. The molecular weight excluding hydrogens is 375 g/mol. The predicted octanol–water partition coefficient (Wildman–Crippen LogP) is 4.73. The molecule has 0 spiro atoms. The number of carbonyl (C=O) groups excluding carboxylic acids is 1. The average molecular weight is 388 g/mol. The molecule has 21 heavy (non-hydrogen) atoms. The van der Waals surface area contributed by atoms with Gasteiger partial charge in [0.1, 0.15) is 0 Å². The van der Waals surface area contributed by atoms with E-state index in [0.717, 1.165) is 10.0 Å². The van der Waals surface area contributed by atoms with Crippen LogP contribution >= 0.6 is 39.1 Å². The van der Waals surface area contributed by atoms with Crippen LogP contribution in [0.4, 0.5) is 5.69 Å². The summed E-state index contributed by atoms with van der Waals surface area (Å²) in [5, 5.41) is 7.04. The maximum absolute atomic E-state index is 11.6. The molecule has 0 bridgehead atoms. The Morgan fingerprint density at radius 3 is 2.62 bits per heavy atom. The Bertz CT molecular complexity index is 677. The zero-order valence-electron chi connectivity index (χ0n) is 11.2. The molecule has 0 aliphatic carbocycles. The van der Waals surface area contributed by atoms with Gasteiger partial charge in [0.2, 0.25) is 0 Å². The van der Waals surface area contributed by atoms with Crippen molar-refractivity contribution in [3.63, 3.8) is 0 Å². The molecule has 2 aromatic rings. The number of amides is 1. The maximum Gasteiger partial charge on any atom is 0.251 e. The first kappa shape index (κ1) is 16.1. The lowest BCUT2D eigenvalue weighted by Crippen LogP contribution is -2.17. The summed E-state index contributed by atoms with van der Waals surface area (Å²) in [6.07, 6.45) is 0. The third-order valence-electron chi connectivity index (χ3n) is 2.94. The fraction of sp³-hybridized carbons (Fsp3) is 0.133. The van der Waals surface area contributed by atoms with Crippen molar-refractivity contribution in [2.75, 3.05) is 12.4 Å². The predicted molar refractivity (Wildman–Crippen MR) is 91.3 cm³/mol. The second kappa shape index (κ2) is 7.16. The van der Waals surface area contributed by atoms with E-state index in [1.807, 2.05) is 18.2 Å². The van der Waals surface area contributed by atoms with E-state index in [9.17, 15) is 4.79 Å². The van der Waals surface area contributed by atoms with Crippen molar-refractivity contribution in [3.8, 4) is 0 Å². The summed E-state index contributed by atoms with van der Waals surface area (Å²) in [5.41, 5.74) is 2.31. The third-order valence-corrected chi connectivity index (χ3v) is 4.24. The SMILES string of the molecule is CNC(=O)c1ccc(Cl)c(NCc2ccc(Cl)cc2Br)c1. The Kier molecular flexibility index (Phi) is 5.51. The van der Waals surface area contributed by atoms with Crippen LogP contribution in [-0.4, -0.2) is 13.0 Å².